The molecule has 5 aliphatic rings. The lowest BCUT2D eigenvalue weighted by Crippen LogP contribution is -2.68. The van der Waals surface area contributed by atoms with Gasteiger partial charge in [0.25, 0.3) is 5.91 Å². The predicted molar refractivity (Wildman–Crippen MR) is 214 cm³/mol. The highest BCUT2D eigenvalue weighted by Crippen LogP contribution is 2.47. The van der Waals surface area contributed by atoms with Crippen LogP contribution in [-0.2, 0) is 28.5 Å². The zero-order chi connectivity index (χ0) is 43.1. The van der Waals surface area contributed by atoms with Crippen molar-refractivity contribution in [1.29, 1.82) is 0 Å². The Morgan fingerprint density at radius 2 is 1.88 bits per heavy atom. The summed E-state index contributed by atoms with van der Waals surface area (Å²) in [7, 11) is 4.87. The number of nitrogens with zero attached hydrogens (tertiary/aromatic N) is 1. The first-order chi connectivity index (χ1) is 27.8. The molecular weight excluding hydrogens is 790 g/mol. The lowest BCUT2D eigenvalue weighted by atomic mass is 9.82. The Kier molecular flexibility index (Phi) is 12.4. The normalized spacial score (nSPS) is 29.8. The second kappa shape index (κ2) is 16.8. The minimum Gasteiger partial charge on any atom is -0.504 e. The average Bonchev–Trinajstić information content (AvgIpc) is 3.59. The molecule has 0 saturated carbocycles. The summed E-state index contributed by atoms with van der Waals surface area (Å²) in [6, 6.07) is 3.91. The van der Waals surface area contributed by atoms with Crippen LogP contribution in [0.2, 0.25) is 5.02 Å². The van der Waals surface area contributed by atoms with Gasteiger partial charge in [0.15, 0.2) is 41.0 Å². The van der Waals surface area contributed by atoms with E-state index in [4.69, 9.17) is 50.5 Å². The molecule has 0 radical (unpaired) electrons. The van der Waals surface area contributed by atoms with Gasteiger partial charge in [-0.1, -0.05) is 49.1 Å². The fourth-order valence-corrected chi connectivity index (χ4v) is 8.10. The number of carbonyl (C=O) groups is 3. The number of amides is 1. The number of nitrogens with one attached hydrogen (secondary N) is 1. The van der Waals surface area contributed by atoms with Gasteiger partial charge in [0.2, 0.25) is 0 Å². The molecule has 1 aliphatic carbocycles. The van der Waals surface area contributed by atoms with Gasteiger partial charge in [-0.25, -0.2) is 4.79 Å². The average molecular weight is 838 g/mol. The standard InChI is InChI=1S/C42H48ClN3O13/c1-9-11-24-26-12-10-13-42(26,59-40-35(50)34(49)37(46(6)7)41(4,5)58-40)21(3)56-36-27(43)14-22(15-29(36)47)28(44)18-32(48)54-19-31(24)57-39(52)25-16-23(53-8)17-30-33(25)45-38(51)20(2)55-30/h9-17,21,28,31,34-35,37,40,47,49-50H,1-2,18-19,44H2,3-8H3,(H,45,51)/b24-11+/t21-,28+,31?,34+,35-,37+,40+,42?/m1/s1. The van der Waals surface area contributed by atoms with Crippen LogP contribution in [0.4, 0.5) is 5.69 Å². The monoisotopic (exact) mass is 837 g/mol. The topological polar surface area (TPSA) is 218 Å². The van der Waals surface area contributed by atoms with Crippen LogP contribution >= 0.6 is 11.6 Å². The number of hydrogen-bond acceptors (Lipinski definition) is 15. The molecule has 16 nitrogen and oxygen atoms in total. The smallest absolute Gasteiger partial charge is 0.341 e. The van der Waals surface area contributed by atoms with Gasteiger partial charge in [-0.3, -0.25) is 9.59 Å². The first kappa shape index (κ1) is 43.4. The third kappa shape index (κ3) is 8.34. The lowest BCUT2D eigenvalue weighted by molar-refractivity contribution is -0.331. The molecule has 0 aromatic heterocycles. The van der Waals surface area contributed by atoms with Gasteiger partial charge < -0.3 is 64.4 Å². The Bertz CT molecular complexity index is 2130. The molecule has 2 unspecified atom stereocenters. The van der Waals surface area contributed by atoms with Gasteiger partial charge in [-0.15, -0.1) is 0 Å². The van der Waals surface area contributed by atoms with Crippen LogP contribution in [0.25, 0.3) is 0 Å². The number of carbonyl (C=O) groups excluding carboxylic acids is 3. The van der Waals surface area contributed by atoms with Crippen LogP contribution in [0.5, 0.6) is 23.0 Å². The van der Waals surface area contributed by atoms with E-state index in [0.717, 1.165) is 0 Å². The van der Waals surface area contributed by atoms with E-state index >= 15 is 0 Å². The second-order valence-electron chi connectivity index (χ2n) is 15.2. The molecular formula is C42H48ClN3O13. The first-order valence-corrected chi connectivity index (χ1v) is 19.0. The summed E-state index contributed by atoms with van der Waals surface area (Å²) in [5.41, 5.74) is 4.02. The minimum absolute atomic E-state index is 0.0224. The Balaban J connectivity index is 1.49. The molecule has 1 saturated heterocycles. The predicted octanol–water partition coefficient (Wildman–Crippen LogP) is 3.99. The number of benzene rings is 2. The molecule has 316 valence electrons. The third-order valence-electron chi connectivity index (χ3n) is 10.6. The number of likely N-dealkylation sites (N-methyl/N-ethyl adjacent to an activating group) is 1. The second-order valence-corrected chi connectivity index (χ2v) is 15.6. The maximum atomic E-state index is 14.3. The lowest BCUT2D eigenvalue weighted by Gasteiger charge is -2.52. The number of aliphatic hydroxyl groups is 2. The van der Waals surface area contributed by atoms with E-state index < -0.39 is 84.2 Å². The SMILES string of the molecule is C=C/C=C1\C2=CC=CC2(O[C@@H]2OC(C)(C)[C@@H](N(C)C)[C@@H](O)[C@H]2O)[C@@H](C)Oc2c(O)cc(cc2Cl)[C@@H](N)CC(=O)OCC1OC(=O)c1cc(OC)cc2c1NC(=O)C(=C)O2. The van der Waals surface area contributed by atoms with Gasteiger partial charge >= 0.3 is 11.9 Å². The highest BCUT2D eigenvalue weighted by Gasteiger charge is 2.55. The Hall–Kier alpha value is -5.20. The highest BCUT2D eigenvalue weighted by molar-refractivity contribution is 6.32. The van der Waals surface area contributed by atoms with E-state index in [-0.39, 0.29) is 56.8 Å². The van der Waals surface area contributed by atoms with Crippen molar-refractivity contribution in [1.82, 2.24) is 4.90 Å². The van der Waals surface area contributed by atoms with Crippen LogP contribution < -0.4 is 25.3 Å². The van der Waals surface area contributed by atoms with Gasteiger partial charge in [0.05, 0.1) is 41.4 Å². The van der Waals surface area contributed by atoms with Crippen LogP contribution in [0.1, 0.15) is 49.2 Å². The Labute approximate surface area is 346 Å². The number of nitrogens with two attached hydrogens (primary N) is 1. The van der Waals surface area contributed by atoms with E-state index in [1.165, 1.54) is 43.5 Å². The molecule has 2 aromatic rings. The molecule has 59 heavy (non-hydrogen) atoms. The van der Waals surface area contributed by atoms with Crippen LogP contribution in [-0.4, -0.2) is 114 Å². The summed E-state index contributed by atoms with van der Waals surface area (Å²) in [5, 5.41) is 36.8. The number of hydrogen-bond donors (Lipinski definition) is 5. The van der Waals surface area contributed by atoms with Gasteiger partial charge in [0.1, 0.15) is 30.7 Å². The first-order valence-electron chi connectivity index (χ1n) is 18.6. The minimum atomic E-state index is -1.79. The Morgan fingerprint density at radius 1 is 1.15 bits per heavy atom. The number of ether oxygens (including phenoxy) is 7. The summed E-state index contributed by atoms with van der Waals surface area (Å²) < 4.78 is 42.5. The van der Waals surface area contributed by atoms with Crippen molar-refractivity contribution in [3.05, 3.63) is 101 Å². The molecule has 8 atom stereocenters. The van der Waals surface area contributed by atoms with Gasteiger partial charge in [0, 0.05) is 17.7 Å². The fraction of sp³-hybridized carbons (Fsp3) is 0.405. The van der Waals surface area contributed by atoms with E-state index in [9.17, 15) is 29.7 Å². The van der Waals surface area contributed by atoms with E-state index in [1.807, 2.05) is 0 Å². The number of aromatic hydroxyl groups is 1. The molecule has 17 heteroatoms. The van der Waals surface area contributed by atoms with Crippen LogP contribution in [0, 0.1) is 0 Å². The van der Waals surface area contributed by atoms with Crippen LogP contribution in [0.15, 0.2) is 84.7 Å². The number of halogens is 1. The van der Waals surface area contributed by atoms with Crippen molar-refractivity contribution in [2.45, 2.75) is 81.2 Å². The number of rotatable bonds is 7. The maximum absolute atomic E-state index is 14.3. The molecule has 4 heterocycles. The summed E-state index contributed by atoms with van der Waals surface area (Å²) in [4.78, 5) is 42.1. The van der Waals surface area contributed by atoms with Gasteiger partial charge in [-0.05, 0) is 70.3 Å². The Morgan fingerprint density at radius 3 is 2.54 bits per heavy atom. The summed E-state index contributed by atoms with van der Waals surface area (Å²) in [6.45, 7) is 12.0. The van der Waals surface area contributed by atoms with Gasteiger partial charge in [-0.2, -0.15) is 0 Å². The van der Waals surface area contributed by atoms with Crippen LogP contribution in [0.3, 0.4) is 0 Å². The van der Waals surface area contributed by atoms with E-state index in [0.29, 0.717) is 5.56 Å². The molecule has 0 spiro atoms. The number of phenols is 1. The highest BCUT2D eigenvalue weighted by atomic mass is 35.5. The third-order valence-corrected chi connectivity index (χ3v) is 10.9. The maximum Gasteiger partial charge on any atom is 0.341 e. The van der Waals surface area contributed by atoms with Crippen molar-refractivity contribution in [2.75, 3.05) is 33.1 Å². The molecule has 4 aliphatic heterocycles. The quantitative estimate of drug-likeness (QED) is 0.197. The largest absolute Gasteiger partial charge is 0.504 e. The number of methoxy groups -OCH3 is 1. The van der Waals surface area contributed by atoms with E-state index in [2.05, 4.69) is 18.5 Å². The number of esters is 2. The zero-order valence-corrected chi connectivity index (χ0v) is 34.1. The van der Waals surface area contributed by atoms with Crippen molar-refractivity contribution in [3.63, 3.8) is 0 Å². The molecule has 2 aromatic carbocycles. The summed E-state index contributed by atoms with van der Waals surface area (Å²) in [6.07, 6.45) is 0.351. The zero-order valence-electron chi connectivity index (χ0n) is 33.4. The number of anilines is 1. The molecule has 2 bridgehead atoms. The number of phenolic OH excluding ortho intramolecular Hbond substituents is 1. The molecule has 1 amide bonds. The van der Waals surface area contributed by atoms with Crippen molar-refractivity contribution >= 4 is 35.1 Å². The van der Waals surface area contributed by atoms with Crippen molar-refractivity contribution < 1.29 is 62.9 Å². The van der Waals surface area contributed by atoms with Crippen molar-refractivity contribution in [3.8, 4) is 23.0 Å². The van der Waals surface area contributed by atoms with Crippen molar-refractivity contribution in [2.24, 2.45) is 5.73 Å². The number of aliphatic hydroxyl groups excluding tert-OH is 2. The number of fused-ring (bicyclic) bond motifs is 10. The number of allylic oxidation sites excluding steroid dienone is 4. The summed E-state index contributed by atoms with van der Waals surface area (Å²) >= 11 is 6.69. The fourth-order valence-electron chi connectivity index (χ4n) is 7.83. The molecule has 7 rings (SSSR count). The van der Waals surface area contributed by atoms with E-state index in [1.54, 1.807) is 58.0 Å². The summed E-state index contributed by atoms with van der Waals surface area (Å²) in [5.74, 6) is -3.00. The molecule has 1 fully saturated rings. The molecule has 6 N–H and O–H groups in total.